The maximum atomic E-state index is 10.1. The molecule has 0 bridgehead atoms. The van der Waals surface area contributed by atoms with Gasteiger partial charge < -0.3 is 15.2 Å². The van der Waals surface area contributed by atoms with Crippen LogP contribution < -0.4 is 16.2 Å². The van der Waals surface area contributed by atoms with Gasteiger partial charge in [-0.05, 0) is 26.3 Å². The van der Waals surface area contributed by atoms with Crippen molar-refractivity contribution in [2.24, 2.45) is 0 Å². The number of rotatable bonds is 13. The standard InChI is InChI=1S/C12H27N3O3/c1-2-18-10-8-6-4-3-5-7-9-13-11-14-15-12(16)17/h13-15H,2-11H2,1H3,(H,16,17). The molecule has 0 aliphatic carbocycles. The van der Waals surface area contributed by atoms with Crippen molar-refractivity contribution in [3.05, 3.63) is 0 Å². The van der Waals surface area contributed by atoms with Gasteiger partial charge in [-0.15, -0.1) is 0 Å². The van der Waals surface area contributed by atoms with E-state index in [1.54, 1.807) is 0 Å². The maximum absolute atomic E-state index is 10.1. The van der Waals surface area contributed by atoms with E-state index in [4.69, 9.17) is 9.84 Å². The van der Waals surface area contributed by atoms with Crippen LogP contribution >= 0.6 is 0 Å². The molecule has 6 heteroatoms. The van der Waals surface area contributed by atoms with Crippen LogP contribution in [-0.2, 0) is 4.74 Å². The van der Waals surface area contributed by atoms with Crippen molar-refractivity contribution in [2.45, 2.75) is 45.4 Å². The number of carbonyl (C=O) groups is 1. The summed E-state index contributed by atoms with van der Waals surface area (Å²) in [6, 6.07) is 0. The molecule has 0 atom stereocenters. The molecule has 1 amide bonds. The Morgan fingerprint density at radius 3 is 2.44 bits per heavy atom. The third kappa shape index (κ3) is 15.1. The summed E-state index contributed by atoms with van der Waals surface area (Å²) in [5.41, 5.74) is 4.61. The summed E-state index contributed by atoms with van der Waals surface area (Å²) in [5.74, 6) is 0. The van der Waals surface area contributed by atoms with Crippen LogP contribution in [0.2, 0.25) is 0 Å². The number of hydrogen-bond donors (Lipinski definition) is 4. The first kappa shape index (κ1) is 17.2. The Morgan fingerprint density at radius 2 is 1.78 bits per heavy atom. The van der Waals surface area contributed by atoms with Gasteiger partial charge in [-0.3, -0.25) is 5.43 Å². The van der Waals surface area contributed by atoms with Gasteiger partial charge in [-0.1, -0.05) is 25.7 Å². The Balaban J connectivity index is 2.92. The van der Waals surface area contributed by atoms with Crippen LogP contribution in [0, 0.1) is 0 Å². The number of amides is 1. The Morgan fingerprint density at radius 1 is 1.11 bits per heavy atom. The number of hydrogen-bond acceptors (Lipinski definition) is 4. The van der Waals surface area contributed by atoms with E-state index in [2.05, 4.69) is 16.2 Å². The fourth-order valence-electron chi connectivity index (χ4n) is 1.58. The number of carboxylic acid groups (broad SMARTS) is 1. The normalized spacial score (nSPS) is 10.5. The van der Waals surface area contributed by atoms with E-state index in [9.17, 15) is 4.79 Å². The molecule has 0 rings (SSSR count). The zero-order chi connectivity index (χ0) is 13.5. The molecule has 0 radical (unpaired) electrons. The van der Waals surface area contributed by atoms with Crippen LogP contribution in [0.5, 0.6) is 0 Å². The molecule has 0 unspecified atom stereocenters. The van der Waals surface area contributed by atoms with Crippen molar-refractivity contribution < 1.29 is 14.6 Å². The summed E-state index contributed by atoms with van der Waals surface area (Å²) in [6.45, 7) is 5.10. The SMILES string of the molecule is CCOCCCCCCCCNCNNC(=O)O. The third-order valence-corrected chi connectivity index (χ3v) is 2.51. The largest absolute Gasteiger partial charge is 0.464 e. The van der Waals surface area contributed by atoms with Gasteiger partial charge in [0.1, 0.15) is 0 Å². The van der Waals surface area contributed by atoms with Gasteiger partial charge in [0.15, 0.2) is 0 Å². The highest BCUT2D eigenvalue weighted by molar-refractivity contribution is 5.63. The molecule has 0 aliphatic rings. The molecule has 108 valence electrons. The van der Waals surface area contributed by atoms with Crippen molar-refractivity contribution >= 4 is 6.09 Å². The topological polar surface area (TPSA) is 82.6 Å². The van der Waals surface area contributed by atoms with E-state index in [0.717, 1.165) is 32.6 Å². The summed E-state index contributed by atoms with van der Waals surface area (Å²) in [7, 11) is 0. The van der Waals surface area contributed by atoms with E-state index in [1.165, 1.54) is 25.7 Å². The lowest BCUT2D eigenvalue weighted by atomic mass is 10.1. The fourth-order valence-corrected chi connectivity index (χ4v) is 1.58. The Bertz CT molecular complexity index is 191. The molecule has 0 spiro atoms. The van der Waals surface area contributed by atoms with Crippen molar-refractivity contribution in [3.63, 3.8) is 0 Å². The highest BCUT2D eigenvalue weighted by atomic mass is 16.5. The number of hydrazine groups is 1. The van der Waals surface area contributed by atoms with E-state index >= 15 is 0 Å². The molecular weight excluding hydrogens is 234 g/mol. The summed E-state index contributed by atoms with van der Waals surface area (Å²) < 4.78 is 5.27. The second-order valence-electron chi connectivity index (χ2n) is 4.10. The fraction of sp³-hybridized carbons (Fsp3) is 0.917. The van der Waals surface area contributed by atoms with Crippen LogP contribution in [0.15, 0.2) is 0 Å². The summed E-state index contributed by atoms with van der Waals surface area (Å²) >= 11 is 0. The van der Waals surface area contributed by atoms with E-state index in [-0.39, 0.29) is 0 Å². The van der Waals surface area contributed by atoms with E-state index in [0.29, 0.717) is 6.67 Å². The van der Waals surface area contributed by atoms with Gasteiger partial charge in [0.25, 0.3) is 0 Å². The predicted octanol–water partition coefficient (Wildman–Crippen LogP) is 1.68. The minimum Gasteiger partial charge on any atom is -0.464 e. The number of nitrogens with one attached hydrogen (secondary N) is 3. The second kappa shape index (κ2) is 14.2. The first-order valence-electron chi connectivity index (χ1n) is 6.77. The molecule has 0 fully saturated rings. The second-order valence-corrected chi connectivity index (χ2v) is 4.10. The van der Waals surface area contributed by atoms with Crippen molar-refractivity contribution in [2.75, 3.05) is 26.4 Å². The highest BCUT2D eigenvalue weighted by Crippen LogP contribution is 2.04. The van der Waals surface area contributed by atoms with Crippen molar-refractivity contribution in [1.82, 2.24) is 16.2 Å². The summed E-state index contributed by atoms with van der Waals surface area (Å²) in [6.07, 6.45) is 6.21. The van der Waals surface area contributed by atoms with E-state index < -0.39 is 6.09 Å². The molecule has 0 saturated heterocycles. The van der Waals surface area contributed by atoms with Gasteiger partial charge >= 0.3 is 6.09 Å². The quantitative estimate of drug-likeness (QED) is 0.230. The number of ether oxygens (including phenoxy) is 1. The zero-order valence-electron chi connectivity index (χ0n) is 11.3. The highest BCUT2D eigenvalue weighted by Gasteiger charge is 1.93. The molecule has 4 N–H and O–H groups in total. The Kier molecular flexibility index (Phi) is 13.5. The van der Waals surface area contributed by atoms with Crippen LogP contribution in [-0.4, -0.2) is 37.6 Å². The molecule has 0 heterocycles. The van der Waals surface area contributed by atoms with Gasteiger partial charge in [0.2, 0.25) is 0 Å². The minimum absolute atomic E-state index is 0.459. The molecule has 18 heavy (non-hydrogen) atoms. The van der Waals surface area contributed by atoms with Gasteiger partial charge in [0, 0.05) is 13.2 Å². The monoisotopic (exact) mass is 261 g/mol. The zero-order valence-corrected chi connectivity index (χ0v) is 11.3. The van der Waals surface area contributed by atoms with Gasteiger partial charge in [-0.2, -0.15) is 0 Å². The first-order valence-corrected chi connectivity index (χ1v) is 6.77. The van der Waals surface area contributed by atoms with Crippen LogP contribution in [0.1, 0.15) is 45.4 Å². The van der Waals surface area contributed by atoms with E-state index in [1.807, 2.05) is 6.92 Å². The lowest BCUT2D eigenvalue weighted by molar-refractivity contribution is 0.143. The molecule has 6 nitrogen and oxygen atoms in total. The first-order chi connectivity index (χ1) is 8.77. The summed E-state index contributed by atoms with van der Waals surface area (Å²) in [4.78, 5) is 10.1. The van der Waals surface area contributed by atoms with Crippen LogP contribution in [0.3, 0.4) is 0 Å². The van der Waals surface area contributed by atoms with Gasteiger partial charge in [0.05, 0.1) is 6.67 Å². The molecular formula is C12H27N3O3. The van der Waals surface area contributed by atoms with Crippen molar-refractivity contribution in [1.29, 1.82) is 0 Å². The predicted molar refractivity (Wildman–Crippen MR) is 71.4 cm³/mol. The van der Waals surface area contributed by atoms with Gasteiger partial charge in [-0.25, -0.2) is 10.2 Å². The third-order valence-electron chi connectivity index (χ3n) is 2.51. The molecule has 0 aromatic heterocycles. The minimum atomic E-state index is -1.07. The maximum Gasteiger partial charge on any atom is 0.419 e. The Labute approximate surface area is 109 Å². The van der Waals surface area contributed by atoms with Crippen LogP contribution in [0.4, 0.5) is 4.79 Å². The molecule has 0 saturated carbocycles. The average molecular weight is 261 g/mol. The molecule has 0 aliphatic heterocycles. The van der Waals surface area contributed by atoms with Crippen LogP contribution in [0.25, 0.3) is 0 Å². The lowest BCUT2D eigenvalue weighted by Crippen LogP contribution is -2.42. The Hall–Kier alpha value is -0.850. The average Bonchev–Trinajstić information content (AvgIpc) is 2.34. The summed E-state index contributed by atoms with van der Waals surface area (Å²) in [5, 5.41) is 11.4. The number of unbranched alkanes of at least 4 members (excludes halogenated alkanes) is 5. The molecule has 0 aromatic rings. The molecule has 0 aromatic carbocycles. The lowest BCUT2D eigenvalue weighted by Gasteiger charge is -2.06. The van der Waals surface area contributed by atoms with Crippen molar-refractivity contribution in [3.8, 4) is 0 Å². The smallest absolute Gasteiger partial charge is 0.419 e.